The van der Waals surface area contributed by atoms with Gasteiger partial charge in [0.25, 0.3) is 0 Å². The highest BCUT2D eigenvalue weighted by Crippen LogP contribution is 2.33. The molecule has 0 aromatic heterocycles. The summed E-state index contributed by atoms with van der Waals surface area (Å²) >= 11 is 0. The molecule has 118 valence electrons. The Morgan fingerprint density at radius 2 is 1.85 bits per heavy atom. The average Bonchev–Trinajstić information content (AvgIpc) is 2.48. The Hall–Kier alpha value is -0.610. The van der Waals surface area contributed by atoms with Crippen LogP contribution in [0.5, 0.6) is 0 Å². The summed E-state index contributed by atoms with van der Waals surface area (Å²) in [7, 11) is 0. The molecule has 20 heavy (non-hydrogen) atoms. The molecule has 1 aliphatic rings. The Kier molecular flexibility index (Phi) is 6.46. The third-order valence-electron chi connectivity index (χ3n) is 5.42. The van der Waals surface area contributed by atoms with Gasteiger partial charge in [-0.15, -0.1) is 0 Å². The molecule has 1 rings (SSSR count). The Morgan fingerprint density at radius 3 is 2.25 bits per heavy atom. The fourth-order valence-electron chi connectivity index (χ4n) is 3.18. The molecule has 0 atom stereocenters. The molecule has 1 saturated carbocycles. The number of rotatable bonds is 7. The van der Waals surface area contributed by atoms with E-state index in [1.54, 1.807) is 0 Å². The van der Waals surface area contributed by atoms with Gasteiger partial charge in [-0.25, -0.2) is 0 Å². The lowest BCUT2D eigenvalue weighted by atomic mass is 9.77. The molecule has 0 bridgehead atoms. The van der Waals surface area contributed by atoms with Crippen molar-refractivity contribution in [3.8, 4) is 0 Å². The fraction of sp³-hybridized carbons (Fsp3) is 0.938. The number of nitrogens with two attached hydrogens (primary N) is 1. The van der Waals surface area contributed by atoms with Crippen LogP contribution < -0.4 is 11.1 Å². The molecule has 4 N–H and O–H groups in total. The maximum atomic E-state index is 12.4. The summed E-state index contributed by atoms with van der Waals surface area (Å²) in [5, 5.41) is 13.5. The molecule has 0 aromatic rings. The van der Waals surface area contributed by atoms with E-state index >= 15 is 0 Å². The van der Waals surface area contributed by atoms with Gasteiger partial charge >= 0.3 is 0 Å². The first-order chi connectivity index (χ1) is 9.45. The quantitative estimate of drug-likeness (QED) is 0.671. The van der Waals surface area contributed by atoms with E-state index in [1.807, 2.05) is 13.8 Å². The van der Waals surface area contributed by atoms with Gasteiger partial charge in [0, 0.05) is 13.1 Å². The number of carbonyl (C=O) groups is 1. The zero-order valence-corrected chi connectivity index (χ0v) is 13.4. The minimum absolute atomic E-state index is 0.00367. The lowest BCUT2D eigenvalue weighted by molar-refractivity contribution is -0.132. The predicted molar refractivity (Wildman–Crippen MR) is 82.3 cm³/mol. The van der Waals surface area contributed by atoms with Crippen molar-refractivity contribution in [1.82, 2.24) is 5.32 Å². The third kappa shape index (κ3) is 3.95. The van der Waals surface area contributed by atoms with Crippen LogP contribution in [0.2, 0.25) is 0 Å². The fourth-order valence-corrected chi connectivity index (χ4v) is 3.18. The summed E-state index contributed by atoms with van der Waals surface area (Å²) in [6.07, 6.45) is 6.37. The molecule has 0 radical (unpaired) electrons. The van der Waals surface area contributed by atoms with Gasteiger partial charge in [0.1, 0.15) is 0 Å². The van der Waals surface area contributed by atoms with E-state index in [1.165, 1.54) is 6.42 Å². The highest BCUT2D eigenvalue weighted by Gasteiger charge is 2.37. The molecule has 0 aromatic carbocycles. The molecule has 0 aliphatic heterocycles. The first kappa shape index (κ1) is 17.4. The number of aliphatic hydroxyl groups is 1. The summed E-state index contributed by atoms with van der Waals surface area (Å²) in [5.74, 6) is 0.733. The van der Waals surface area contributed by atoms with Gasteiger partial charge in [0.2, 0.25) is 5.91 Å². The molecular weight excluding hydrogens is 252 g/mol. The monoisotopic (exact) mass is 284 g/mol. The molecule has 0 saturated heterocycles. The SMILES string of the molecule is CCC1CCC(O)(CNC(=O)C(CC)(CC)CN)CC1. The van der Waals surface area contributed by atoms with Crippen LogP contribution in [-0.4, -0.2) is 29.7 Å². The Bertz CT molecular complexity index is 297. The van der Waals surface area contributed by atoms with E-state index in [0.29, 0.717) is 13.1 Å². The zero-order chi connectivity index (χ0) is 15.2. The van der Waals surface area contributed by atoms with Gasteiger partial charge < -0.3 is 16.2 Å². The van der Waals surface area contributed by atoms with Crippen molar-refractivity contribution in [3.05, 3.63) is 0 Å². The molecule has 1 fully saturated rings. The molecule has 4 heteroatoms. The highest BCUT2D eigenvalue weighted by molar-refractivity contribution is 5.82. The van der Waals surface area contributed by atoms with E-state index in [-0.39, 0.29) is 5.91 Å². The number of amides is 1. The predicted octanol–water partition coefficient (Wildman–Crippen LogP) is 2.20. The molecular formula is C16H32N2O2. The van der Waals surface area contributed by atoms with E-state index < -0.39 is 11.0 Å². The number of nitrogens with one attached hydrogen (secondary N) is 1. The van der Waals surface area contributed by atoms with Crippen LogP contribution in [0.1, 0.15) is 65.7 Å². The van der Waals surface area contributed by atoms with Gasteiger partial charge in [-0.2, -0.15) is 0 Å². The second kappa shape index (κ2) is 7.41. The largest absolute Gasteiger partial charge is 0.388 e. The number of carbonyl (C=O) groups excluding carboxylic acids is 1. The van der Waals surface area contributed by atoms with Crippen LogP contribution in [0.4, 0.5) is 0 Å². The molecule has 0 spiro atoms. The van der Waals surface area contributed by atoms with Gasteiger partial charge in [-0.3, -0.25) is 4.79 Å². The minimum Gasteiger partial charge on any atom is -0.388 e. The summed E-state index contributed by atoms with van der Waals surface area (Å²) in [6, 6.07) is 0. The van der Waals surface area contributed by atoms with Crippen LogP contribution in [0.15, 0.2) is 0 Å². The smallest absolute Gasteiger partial charge is 0.227 e. The van der Waals surface area contributed by atoms with E-state index in [9.17, 15) is 9.90 Å². The summed E-state index contributed by atoms with van der Waals surface area (Å²) < 4.78 is 0. The second-order valence-electron chi connectivity index (χ2n) is 6.45. The topological polar surface area (TPSA) is 75.3 Å². The molecule has 1 amide bonds. The maximum Gasteiger partial charge on any atom is 0.227 e. The average molecular weight is 284 g/mol. The van der Waals surface area contributed by atoms with E-state index in [0.717, 1.165) is 44.4 Å². The lowest BCUT2D eigenvalue weighted by Crippen LogP contribution is -2.51. The van der Waals surface area contributed by atoms with E-state index in [2.05, 4.69) is 12.2 Å². The Labute approximate surface area is 123 Å². The van der Waals surface area contributed by atoms with Crippen LogP contribution in [0.3, 0.4) is 0 Å². The van der Waals surface area contributed by atoms with Crippen molar-refractivity contribution in [1.29, 1.82) is 0 Å². The number of hydrogen-bond acceptors (Lipinski definition) is 3. The van der Waals surface area contributed by atoms with Crippen LogP contribution in [0.25, 0.3) is 0 Å². The van der Waals surface area contributed by atoms with E-state index in [4.69, 9.17) is 5.73 Å². The van der Waals surface area contributed by atoms with Gasteiger partial charge in [-0.1, -0.05) is 27.2 Å². The van der Waals surface area contributed by atoms with Crippen LogP contribution in [0, 0.1) is 11.3 Å². The van der Waals surface area contributed by atoms with Gasteiger partial charge in [0.05, 0.1) is 11.0 Å². The van der Waals surface area contributed by atoms with Crippen molar-refractivity contribution in [2.75, 3.05) is 13.1 Å². The molecule has 4 nitrogen and oxygen atoms in total. The first-order valence-electron chi connectivity index (χ1n) is 8.16. The molecule has 0 heterocycles. The summed E-state index contributed by atoms with van der Waals surface area (Å²) in [5.41, 5.74) is 4.59. The van der Waals surface area contributed by atoms with Crippen molar-refractivity contribution >= 4 is 5.91 Å². The maximum absolute atomic E-state index is 12.4. The van der Waals surface area contributed by atoms with Crippen LogP contribution in [-0.2, 0) is 4.79 Å². The third-order valence-corrected chi connectivity index (χ3v) is 5.42. The second-order valence-corrected chi connectivity index (χ2v) is 6.45. The minimum atomic E-state index is -0.719. The molecule has 0 unspecified atom stereocenters. The van der Waals surface area contributed by atoms with Crippen LogP contribution >= 0.6 is 0 Å². The number of hydrogen-bond donors (Lipinski definition) is 3. The lowest BCUT2D eigenvalue weighted by Gasteiger charge is -2.37. The first-order valence-corrected chi connectivity index (χ1v) is 8.16. The highest BCUT2D eigenvalue weighted by atomic mass is 16.3. The van der Waals surface area contributed by atoms with Gasteiger partial charge in [0.15, 0.2) is 0 Å². The van der Waals surface area contributed by atoms with Crippen molar-refractivity contribution in [3.63, 3.8) is 0 Å². The summed E-state index contributed by atoms with van der Waals surface area (Å²) in [6.45, 7) is 6.93. The van der Waals surface area contributed by atoms with Crippen molar-refractivity contribution in [2.45, 2.75) is 71.3 Å². The Morgan fingerprint density at radius 1 is 1.30 bits per heavy atom. The summed E-state index contributed by atoms with van der Waals surface area (Å²) in [4.78, 5) is 12.4. The van der Waals surface area contributed by atoms with Crippen molar-refractivity contribution in [2.24, 2.45) is 17.1 Å². The Balaban J connectivity index is 2.52. The zero-order valence-electron chi connectivity index (χ0n) is 13.4. The standard InChI is InChI=1S/C16H32N2O2/c1-4-13-7-9-16(20,10-8-13)12-18-14(19)15(5-2,6-3)11-17/h13,20H,4-12,17H2,1-3H3,(H,18,19). The van der Waals surface area contributed by atoms with Crippen molar-refractivity contribution < 1.29 is 9.90 Å². The molecule has 1 aliphatic carbocycles. The normalized spacial score (nSPS) is 27.4. The van der Waals surface area contributed by atoms with Gasteiger partial charge in [-0.05, 0) is 44.4 Å².